The number of amides is 5. The molecule has 4 saturated heterocycles. The molecule has 480 valence electrons. The largest absolute Gasteiger partial charge is 0.478 e. The number of likely N-dealkylation sites (tertiary alicyclic amines) is 3. The summed E-state index contributed by atoms with van der Waals surface area (Å²) in [6.45, 7) is 22.5. The Balaban J connectivity index is 0.000000246. The molecule has 0 bridgehead atoms. The molecule has 10 N–H and O–H groups in total. The molecule has 2 aromatic carbocycles. The van der Waals surface area contributed by atoms with Crippen LogP contribution in [0.25, 0.3) is 44.3 Å². The fourth-order valence-corrected chi connectivity index (χ4v) is 8.51. The Morgan fingerprint density at radius 1 is 0.640 bits per heavy atom. The third kappa shape index (κ3) is 23.1. The first kappa shape index (κ1) is 72.8. The van der Waals surface area contributed by atoms with E-state index in [0.717, 1.165) is 26.2 Å². The van der Waals surface area contributed by atoms with E-state index in [1.807, 2.05) is 41.5 Å². The maximum atomic E-state index is 13.5. The van der Waals surface area contributed by atoms with Gasteiger partial charge < -0.3 is 62.4 Å². The van der Waals surface area contributed by atoms with Crippen LogP contribution in [0.2, 0.25) is 0 Å². The van der Waals surface area contributed by atoms with Crippen LogP contribution in [0.3, 0.4) is 0 Å². The van der Waals surface area contributed by atoms with E-state index in [2.05, 4.69) is 47.5 Å². The first-order chi connectivity index (χ1) is 41.2. The summed E-state index contributed by atoms with van der Waals surface area (Å²) in [4.78, 5) is 110. The SMILES string of the molecule is CC(=O)Cl.CC(=O)N1CC(N)C1.CC(=O)N1CC(NC(=O)OC(C)(C)C)C1.CC(=O)N1CC(NC(=O)c2cnc(N)c3nc(-c4cccc(F)c4)ccc23)C1.CC(C)(C)OC(=O)CC1CNC1.Cl.Nc1ncc(C(=O)O)c2ccc(-c3cccc(F)c3)nc12. The van der Waals surface area contributed by atoms with E-state index in [1.54, 1.807) is 70.2 Å². The molecule has 24 nitrogen and oxygen atoms in total. The third-order valence-corrected chi connectivity index (χ3v) is 13.0. The van der Waals surface area contributed by atoms with Crippen LogP contribution < -0.4 is 33.2 Å². The molecule has 89 heavy (non-hydrogen) atoms. The van der Waals surface area contributed by atoms with E-state index in [-0.39, 0.29) is 105 Å². The number of carboxylic acid groups (broad SMARTS) is 1. The van der Waals surface area contributed by atoms with Crippen LogP contribution in [0.4, 0.5) is 25.2 Å². The van der Waals surface area contributed by atoms with Crippen molar-refractivity contribution in [2.45, 2.75) is 105 Å². The number of fused-ring (bicyclic) bond motifs is 2. The molecule has 4 aliphatic rings. The molecule has 0 saturated carbocycles. The van der Waals surface area contributed by atoms with Crippen molar-refractivity contribution >= 4 is 104 Å². The minimum Gasteiger partial charge on any atom is -0.478 e. The maximum Gasteiger partial charge on any atom is 0.407 e. The van der Waals surface area contributed by atoms with E-state index in [4.69, 9.17) is 31.8 Å². The van der Waals surface area contributed by atoms with Crippen LogP contribution in [0.1, 0.15) is 96.4 Å². The number of rotatable bonds is 8. The number of nitrogens with zero attached hydrogens (tertiary/aromatic N) is 7. The Morgan fingerprint density at radius 2 is 1.04 bits per heavy atom. The van der Waals surface area contributed by atoms with Gasteiger partial charge in [-0.1, -0.05) is 24.3 Å². The summed E-state index contributed by atoms with van der Waals surface area (Å²) in [7, 11) is 0. The second kappa shape index (κ2) is 32.5. The van der Waals surface area contributed by atoms with Crippen LogP contribution in [0.5, 0.6) is 0 Å². The minimum absolute atomic E-state index is 0. The third-order valence-electron chi connectivity index (χ3n) is 13.0. The van der Waals surface area contributed by atoms with Gasteiger partial charge in [0, 0.05) is 107 Å². The van der Waals surface area contributed by atoms with Gasteiger partial charge in [0.25, 0.3) is 5.91 Å². The van der Waals surface area contributed by atoms with E-state index in [1.165, 1.54) is 57.4 Å². The first-order valence-electron chi connectivity index (χ1n) is 27.9. The molecule has 10 rings (SSSR count). The second-order valence-electron chi connectivity index (χ2n) is 23.0. The van der Waals surface area contributed by atoms with Gasteiger partial charge in [-0.3, -0.25) is 28.8 Å². The fourth-order valence-electron chi connectivity index (χ4n) is 8.51. The number of carboxylic acids is 1. The Labute approximate surface area is 525 Å². The second-order valence-corrected chi connectivity index (χ2v) is 23.5. The van der Waals surface area contributed by atoms with Crippen molar-refractivity contribution < 1.29 is 61.7 Å². The van der Waals surface area contributed by atoms with Gasteiger partial charge in [-0.2, -0.15) is 0 Å². The number of nitrogens with one attached hydrogen (secondary N) is 3. The summed E-state index contributed by atoms with van der Waals surface area (Å²) in [6.07, 6.45) is 2.75. The van der Waals surface area contributed by atoms with Gasteiger partial charge in [-0.15, -0.1) is 12.4 Å². The molecule has 0 radical (unpaired) electrons. The molecule has 0 unspecified atom stereocenters. The lowest BCUT2D eigenvalue weighted by Crippen LogP contribution is -2.60. The van der Waals surface area contributed by atoms with Crippen molar-refractivity contribution in [2.75, 3.05) is 63.8 Å². The maximum absolute atomic E-state index is 13.5. The number of alkyl carbamates (subject to hydrolysis) is 1. The van der Waals surface area contributed by atoms with Crippen LogP contribution in [-0.4, -0.2) is 168 Å². The average Bonchev–Trinajstić information content (AvgIpc) is 0.860. The van der Waals surface area contributed by atoms with Crippen LogP contribution in [-0.2, 0) is 33.4 Å². The van der Waals surface area contributed by atoms with E-state index in [0.29, 0.717) is 82.9 Å². The number of nitrogens with two attached hydrogens (primary N) is 3. The van der Waals surface area contributed by atoms with E-state index < -0.39 is 17.7 Å². The Morgan fingerprint density at radius 3 is 1.40 bits per heavy atom. The van der Waals surface area contributed by atoms with Gasteiger partial charge in [0.15, 0.2) is 0 Å². The predicted octanol–water partition coefficient (Wildman–Crippen LogP) is 6.74. The number of anilines is 2. The number of aromatic nitrogens is 4. The first-order valence-corrected chi connectivity index (χ1v) is 28.3. The lowest BCUT2D eigenvalue weighted by atomic mass is 9.99. The van der Waals surface area contributed by atoms with Crippen molar-refractivity contribution in [2.24, 2.45) is 11.7 Å². The van der Waals surface area contributed by atoms with Gasteiger partial charge in [-0.25, -0.2) is 38.3 Å². The smallest absolute Gasteiger partial charge is 0.407 e. The molecule has 28 heteroatoms. The Bertz CT molecular complexity index is 3510. The van der Waals surface area contributed by atoms with Gasteiger partial charge in [0.05, 0.1) is 41.0 Å². The highest BCUT2D eigenvalue weighted by Crippen LogP contribution is 2.28. The number of benzene rings is 2. The van der Waals surface area contributed by atoms with Crippen molar-refractivity contribution in [3.8, 4) is 22.5 Å². The molecule has 4 fully saturated rings. The molecule has 8 heterocycles. The standard InChI is InChI=1S/C20H18FN5O2.C15H10FN3O2.C10H18N2O3.C9H17NO2.C5H10N2O.C2H3ClO.ClH/c1-11(27)26-9-14(10-26)24-20(28)16-8-23-19(22)18-15(16)5-6-17(25-18)12-3-2-4-13(21)7-12;16-9-3-1-2-8(6-9)12-5-4-10-11(15(20)21)7-18-14(17)13(10)19-12;1-7(13)12-5-8(6-12)11-9(14)15-10(2,3)4;1-9(2,3)12-8(11)4-7-5-10-6-7;1-4(8)7-2-5(6)3-7;1-2(3)4;/h2-8,14H,9-10H2,1H3,(H2,22,23)(H,24,28);1-7H,(H2,17,18)(H,20,21);8H,5-6H2,1-4H3,(H,11,14);7,10H,4-6H2,1-3H3;5H,2-3,6H2,1H3;1H3;1H. The van der Waals surface area contributed by atoms with Crippen LogP contribution in [0, 0.1) is 17.6 Å². The fraction of sp³-hybridized carbons (Fsp3) is 0.410. The number of hydrogen-bond donors (Lipinski definition) is 7. The van der Waals surface area contributed by atoms with Gasteiger partial charge in [0.2, 0.25) is 23.0 Å². The highest BCUT2D eigenvalue weighted by Gasteiger charge is 2.32. The summed E-state index contributed by atoms with van der Waals surface area (Å²) in [5.41, 5.74) is 19.6. The Kier molecular flexibility index (Phi) is 26.6. The monoisotopic (exact) mass is 1280 g/mol. The van der Waals surface area contributed by atoms with Crippen molar-refractivity contribution in [3.05, 3.63) is 108 Å². The molecule has 5 amide bonds. The zero-order valence-electron chi connectivity index (χ0n) is 51.2. The number of halogens is 4. The number of pyridine rings is 4. The lowest BCUT2D eigenvalue weighted by Gasteiger charge is -2.39. The average molecular weight is 1280 g/mol. The highest BCUT2D eigenvalue weighted by molar-refractivity contribution is 6.62. The Hall–Kier alpha value is -8.72. The molecule has 4 aromatic heterocycles. The number of ether oxygens (including phenoxy) is 2. The number of aromatic carboxylic acids is 1. The summed E-state index contributed by atoms with van der Waals surface area (Å²) < 4.78 is 37.0. The predicted molar refractivity (Wildman–Crippen MR) is 335 cm³/mol. The minimum atomic E-state index is -1.10. The number of hydrogen-bond acceptors (Lipinski definition) is 18. The number of nitrogen functional groups attached to an aromatic ring is 2. The zero-order chi connectivity index (χ0) is 65.4. The molecule has 6 aromatic rings. The summed E-state index contributed by atoms with van der Waals surface area (Å²) >= 11 is 4.64. The molecule has 4 aliphatic heterocycles. The molecule has 0 atom stereocenters. The molecular formula is C61H77Cl2F2N13O11. The van der Waals surface area contributed by atoms with E-state index >= 15 is 0 Å². The van der Waals surface area contributed by atoms with Crippen molar-refractivity contribution in [3.63, 3.8) is 0 Å². The van der Waals surface area contributed by atoms with Gasteiger partial charge in [-0.05, 0) is 121 Å². The summed E-state index contributed by atoms with van der Waals surface area (Å²) in [6, 6.07) is 18.9. The molecule has 0 spiro atoms. The van der Waals surface area contributed by atoms with Crippen LogP contribution >= 0.6 is 24.0 Å². The normalized spacial score (nSPS) is 14.4. The lowest BCUT2D eigenvalue weighted by molar-refractivity contribution is -0.156. The quantitative estimate of drug-likeness (QED) is 0.0612. The topological polar surface area (TPSA) is 351 Å². The molecular weight excluding hydrogens is 1200 g/mol. The summed E-state index contributed by atoms with van der Waals surface area (Å²) in [5, 5.41) is 18.5. The zero-order valence-corrected chi connectivity index (χ0v) is 52.8. The number of carbonyl (C=O) groups excluding carboxylic acids is 7. The van der Waals surface area contributed by atoms with Crippen LogP contribution in [0.15, 0.2) is 85.2 Å². The van der Waals surface area contributed by atoms with Crippen molar-refractivity contribution in [1.29, 1.82) is 0 Å². The number of carbonyl (C=O) groups is 8. The van der Waals surface area contributed by atoms with Gasteiger partial charge >= 0.3 is 18.0 Å². The summed E-state index contributed by atoms with van der Waals surface area (Å²) in [5.74, 6) is -1.24. The van der Waals surface area contributed by atoms with E-state index in [9.17, 15) is 47.1 Å². The molecule has 0 aliphatic carbocycles. The number of esters is 1. The highest BCUT2D eigenvalue weighted by atomic mass is 35.5. The van der Waals surface area contributed by atoms with Crippen molar-refractivity contribution in [1.82, 2.24) is 50.6 Å². The van der Waals surface area contributed by atoms with Gasteiger partial charge in [0.1, 0.15) is 45.5 Å².